The number of nitrogen functional groups attached to an aromatic ring is 1. The first-order valence-corrected chi connectivity index (χ1v) is 7.72. The summed E-state index contributed by atoms with van der Waals surface area (Å²) in [6, 6.07) is 3.19. The van der Waals surface area contributed by atoms with E-state index >= 15 is 0 Å². The molecule has 2 heterocycles. The third kappa shape index (κ3) is 3.98. The molecule has 3 N–H and O–H groups in total. The maximum Gasteiger partial charge on any atom is 0.311 e. The number of carbonyl (C=O) groups excluding carboxylic acids is 1. The van der Waals surface area contributed by atoms with Gasteiger partial charge in [0.2, 0.25) is 0 Å². The molecule has 7 heteroatoms. The van der Waals surface area contributed by atoms with Gasteiger partial charge in [-0.1, -0.05) is 0 Å². The molecular formula is C16H23N3O4. The minimum atomic E-state index is -0.895. The van der Waals surface area contributed by atoms with Gasteiger partial charge in [0.05, 0.1) is 11.0 Å². The number of nitrogens with two attached hydrogens (primary N) is 1. The number of aliphatic carboxylic acids is 1. The second-order valence-corrected chi connectivity index (χ2v) is 5.98. The van der Waals surface area contributed by atoms with Gasteiger partial charge in [-0.25, -0.2) is 4.98 Å². The molecule has 1 aromatic rings. The number of amides is 1. The standard InChI is InChI=1S/C16H23N3O4/c1-23-9-3-7-16(15(21)22)6-2-8-19(11-16)14(20)12-4-5-13(17)18-10-12/h4-5,10H,2-3,6-9,11H2,1H3,(H2,17,18)(H,21,22). The van der Waals surface area contributed by atoms with Crippen molar-refractivity contribution in [2.24, 2.45) is 5.41 Å². The molecule has 7 nitrogen and oxygen atoms in total. The Morgan fingerprint density at radius 1 is 1.48 bits per heavy atom. The Hall–Kier alpha value is -2.15. The Kier molecular flexibility index (Phi) is 5.54. The lowest BCUT2D eigenvalue weighted by Crippen LogP contribution is -2.50. The highest BCUT2D eigenvalue weighted by molar-refractivity contribution is 5.94. The molecule has 0 saturated carbocycles. The first-order valence-electron chi connectivity index (χ1n) is 7.72. The van der Waals surface area contributed by atoms with Crippen molar-refractivity contribution in [2.45, 2.75) is 25.7 Å². The summed E-state index contributed by atoms with van der Waals surface area (Å²) < 4.78 is 5.02. The molecule has 0 bridgehead atoms. The number of carbonyl (C=O) groups is 2. The number of aromatic nitrogens is 1. The Bertz CT molecular complexity index is 561. The molecule has 1 aliphatic heterocycles. The van der Waals surface area contributed by atoms with Crippen molar-refractivity contribution >= 4 is 17.7 Å². The maximum atomic E-state index is 12.6. The van der Waals surface area contributed by atoms with Crippen molar-refractivity contribution in [3.8, 4) is 0 Å². The van der Waals surface area contributed by atoms with Crippen LogP contribution < -0.4 is 5.73 Å². The lowest BCUT2D eigenvalue weighted by molar-refractivity contribution is -0.152. The number of anilines is 1. The molecule has 1 aliphatic rings. The van der Waals surface area contributed by atoms with Gasteiger partial charge in [-0.05, 0) is 37.8 Å². The van der Waals surface area contributed by atoms with Crippen LogP contribution in [0.4, 0.5) is 5.82 Å². The third-order valence-corrected chi connectivity index (χ3v) is 4.35. The fourth-order valence-corrected chi connectivity index (χ4v) is 3.06. The zero-order chi connectivity index (χ0) is 16.9. The minimum Gasteiger partial charge on any atom is -0.481 e. The number of piperidine rings is 1. The van der Waals surface area contributed by atoms with Crippen LogP contribution in [-0.2, 0) is 9.53 Å². The van der Waals surface area contributed by atoms with Gasteiger partial charge in [-0.3, -0.25) is 9.59 Å². The van der Waals surface area contributed by atoms with Gasteiger partial charge in [0.25, 0.3) is 5.91 Å². The minimum absolute atomic E-state index is 0.199. The molecule has 1 saturated heterocycles. The number of likely N-dealkylation sites (tertiary alicyclic amines) is 1. The summed E-state index contributed by atoms with van der Waals surface area (Å²) in [7, 11) is 1.60. The van der Waals surface area contributed by atoms with Crippen molar-refractivity contribution < 1.29 is 19.4 Å². The molecule has 1 amide bonds. The van der Waals surface area contributed by atoms with Gasteiger partial charge in [0.15, 0.2) is 0 Å². The van der Waals surface area contributed by atoms with Crippen LogP contribution in [0.2, 0.25) is 0 Å². The third-order valence-electron chi connectivity index (χ3n) is 4.35. The highest BCUT2D eigenvalue weighted by atomic mass is 16.5. The Labute approximate surface area is 135 Å². The van der Waals surface area contributed by atoms with Gasteiger partial charge in [-0.15, -0.1) is 0 Å². The zero-order valence-corrected chi connectivity index (χ0v) is 13.3. The van der Waals surface area contributed by atoms with Gasteiger partial charge < -0.3 is 20.5 Å². The lowest BCUT2D eigenvalue weighted by atomic mass is 9.76. The molecule has 0 aromatic carbocycles. The number of rotatable bonds is 6. The summed E-state index contributed by atoms with van der Waals surface area (Å²) in [4.78, 5) is 29.9. The van der Waals surface area contributed by atoms with E-state index in [2.05, 4.69) is 4.98 Å². The van der Waals surface area contributed by atoms with Gasteiger partial charge in [0.1, 0.15) is 5.82 Å². The average Bonchev–Trinajstić information content (AvgIpc) is 2.55. The van der Waals surface area contributed by atoms with E-state index in [0.717, 1.165) is 0 Å². The number of ether oxygens (including phenoxy) is 1. The number of hydrogen-bond donors (Lipinski definition) is 2. The molecule has 1 unspecified atom stereocenters. The smallest absolute Gasteiger partial charge is 0.311 e. The van der Waals surface area contributed by atoms with Crippen LogP contribution >= 0.6 is 0 Å². The van der Waals surface area contributed by atoms with Gasteiger partial charge >= 0.3 is 5.97 Å². The van der Waals surface area contributed by atoms with E-state index in [1.807, 2.05) is 0 Å². The molecule has 23 heavy (non-hydrogen) atoms. The number of pyridine rings is 1. The Morgan fingerprint density at radius 2 is 2.26 bits per heavy atom. The topological polar surface area (TPSA) is 106 Å². The van der Waals surface area contributed by atoms with Crippen LogP contribution in [0.3, 0.4) is 0 Å². The van der Waals surface area contributed by atoms with E-state index in [1.54, 1.807) is 24.1 Å². The van der Waals surface area contributed by atoms with E-state index < -0.39 is 11.4 Å². The van der Waals surface area contributed by atoms with Gasteiger partial charge in [0, 0.05) is 33.0 Å². The van der Waals surface area contributed by atoms with Crippen molar-refractivity contribution in [1.29, 1.82) is 0 Å². The normalized spacial score (nSPS) is 21.2. The molecule has 1 aromatic heterocycles. The van der Waals surface area contributed by atoms with Gasteiger partial charge in [-0.2, -0.15) is 0 Å². The largest absolute Gasteiger partial charge is 0.481 e. The molecule has 0 aliphatic carbocycles. The zero-order valence-electron chi connectivity index (χ0n) is 13.3. The SMILES string of the molecule is COCCCC1(C(=O)O)CCCN(C(=O)c2ccc(N)nc2)C1. The molecule has 2 rings (SSSR count). The van der Waals surface area contributed by atoms with Crippen LogP contribution in [0.5, 0.6) is 0 Å². The molecular weight excluding hydrogens is 298 g/mol. The number of hydrogen-bond acceptors (Lipinski definition) is 5. The van der Waals surface area contributed by atoms with Crippen LogP contribution in [-0.4, -0.2) is 53.7 Å². The Morgan fingerprint density at radius 3 is 2.87 bits per heavy atom. The summed E-state index contributed by atoms with van der Waals surface area (Å²) in [5, 5.41) is 9.69. The summed E-state index contributed by atoms with van der Waals surface area (Å²) in [5.74, 6) is -0.698. The van der Waals surface area contributed by atoms with Crippen LogP contribution in [0.1, 0.15) is 36.0 Å². The van der Waals surface area contributed by atoms with Crippen LogP contribution in [0.25, 0.3) is 0 Å². The highest BCUT2D eigenvalue weighted by Crippen LogP contribution is 2.35. The quantitative estimate of drug-likeness (QED) is 0.767. The molecule has 1 fully saturated rings. The molecule has 0 radical (unpaired) electrons. The van der Waals surface area contributed by atoms with Crippen molar-refractivity contribution in [3.05, 3.63) is 23.9 Å². The molecule has 1 atom stereocenters. The van der Waals surface area contributed by atoms with E-state index in [1.165, 1.54) is 6.20 Å². The fraction of sp³-hybridized carbons (Fsp3) is 0.562. The average molecular weight is 321 g/mol. The monoisotopic (exact) mass is 321 g/mol. The van der Waals surface area contributed by atoms with Crippen LogP contribution in [0, 0.1) is 5.41 Å². The number of nitrogens with zero attached hydrogens (tertiary/aromatic N) is 2. The number of carboxylic acids is 1. The first-order chi connectivity index (χ1) is 11.0. The van der Waals surface area contributed by atoms with E-state index in [9.17, 15) is 14.7 Å². The second kappa shape index (κ2) is 7.41. The Balaban J connectivity index is 2.12. The fourth-order valence-electron chi connectivity index (χ4n) is 3.06. The predicted molar refractivity (Wildman–Crippen MR) is 85.0 cm³/mol. The van der Waals surface area contributed by atoms with Crippen molar-refractivity contribution in [3.63, 3.8) is 0 Å². The molecule has 0 spiro atoms. The summed E-state index contributed by atoms with van der Waals surface area (Å²) in [5.41, 5.74) is 5.06. The van der Waals surface area contributed by atoms with Crippen LogP contribution in [0.15, 0.2) is 18.3 Å². The van der Waals surface area contributed by atoms with E-state index in [0.29, 0.717) is 50.2 Å². The highest BCUT2D eigenvalue weighted by Gasteiger charge is 2.43. The maximum absolute atomic E-state index is 12.6. The predicted octanol–water partition coefficient (Wildman–Crippen LogP) is 1.40. The van der Waals surface area contributed by atoms with E-state index in [-0.39, 0.29) is 12.5 Å². The molecule has 126 valence electrons. The first kappa shape index (κ1) is 17.2. The lowest BCUT2D eigenvalue weighted by Gasteiger charge is -2.40. The van der Waals surface area contributed by atoms with E-state index in [4.69, 9.17) is 10.5 Å². The second-order valence-electron chi connectivity index (χ2n) is 5.98. The summed E-state index contributed by atoms with van der Waals surface area (Å²) >= 11 is 0. The summed E-state index contributed by atoms with van der Waals surface area (Å²) in [6.07, 6.45) is 3.84. The number of methoxy groups -OCH3 is 1. The summed E-state index contributed by atoms with van der Waals surface area (Å²) in [6.45, 7) is 1.29. The number of carboxylic acid groups (broad SMARTS) is 1. The van der Waals surface area contributed by atoms with Crippen molar-refractivity contribution in [2.75, 3.05) is 32.5 Å². The van der Waals surface area contributed by atoms with Crippen molar-refractivity contribution in [1.82, 2.24) is 9.88 Å².